The molecule has 11 nitrogen and oxygen atoms in total. The maximum Gasteiger partial charge on any atom is 0.416 e. The molecule has 0 spiro atoms. The molecule has 0 saturated carbocycles. The summed E-state index contributed by atoms with van der Waals surface area (Å²) in [5.41, 5.74) is -0.0444. The molecule has 1 N–H and O–H groups in total. The largest absolute Gasteiger partial charge is 0.481 e. The highest BCUT2D eigenvalue weighted by Gasteiger charge is 2.35. The van der Waals surface area contributed by atoms with E-state index in [0.29, 0.717) is 0 Å². The number of hydrogen-bond donors (Lipinski definition) is 1. The summed E-state index contributed by atoms with van der Waals surface area (Å²) in [4.78, 5) is 12.6. The Labute approximate surface area is 222 Å². The van der Waals surface area contributed by atoms with Gasteiger partial charge in [-0.25, -0.2) is 23.4 Å². The van der Waals surface area contributed by atoms with Crippen LogP contribution in [0.2, 0.25) is 0 Å². The number of aromatic nitrogens is 6. The van der Waals surface area contributed by atoms with Gasteiger partial charge < -0.3 is 9.47 Å². The Morgan fingerprint density at radius 3 is 2.36 bits per heavy atom. The van der Waals surface area contributed by atoms with Crippen LogP contribution < -0.4 is 9.46 Å². The number of anilines is 1. The summed E-state index contributed by atoms with van der Waals surface area (Å²) in [6, 6.07) is 9.01. The van der Waals surface area contributed by atoms with Crippen LogP contribution in [0.25, 0.3) is 17.2 Å². The van der Waals surface area contributed by atoms with Crippen LogP contribution in [0.1, 0.15) is 30.0 Å². The molecule has 0 saturated heterocycles. The number of benzene rings is 1. The van der Waals surface area contributed by atoms with Gasteiger partial charge in [-0.1, -0.05) is 12.1 Å². The van der Waals surface area contributed by atoms with Crippen molar-refractivity contribution in [1.29, 1.82) is 0 Å². The molecule has 0 aliphatic carbocycles. The van der Waals surface area contributed by atoms with E-state index in [1.807, 2.05) is 0 Å². The lowest BCUT2D eigenvalue weighted by Crippen LogP contribution is -2.33. The zero-order chi connectivity index (χ0) is 28.4. The van der Waals surface area contributed by atoms with Crippen molar-refractivity contribution in [3.05, 3.63) is 71.8 Å². The maximum atomic E-state index is 13.5. The Bertz CT molecular complexity index is 1560. The first-order valence-corrected chi connectivity index (χ1v) is 13.0. The Kier molecular flexibility index (Phi) is 7.83. The van der Waals surface area contributed by atoms with Gasteiger partial charge in [0.25, 0.3) is 0 Å². The second-order valence-corrected chi connectivity index (χ2v) is 10.5. The highest BCUT2D eigenvalue weighted by atomic mass is 32.2. The lowest BCUT2D eigenvalue weighted by atomic mass is 10.2. The van der Waals surface area contributed by atoms with Crippen LogP contribution in [0.4, 0.5) is 19.1 Å². The second-order valence-electron chi connectivity index (χ2n) is 8.42. The van der Waals surface area contributed by atoms with Gasteiger partial charge in [0.05, 0.1) is 18.4 Å². The van der Waals surface area contributed by atoms with E-state index in [9.17, 15) is 21.6 Å². The summed E-state index contributed by atoms with van der Waals surface area (Å²) in [5, 5.41) is 6.74. The molecule has 0 aliphatic rings. The van der Waals surface area contributed by atoms with E-state index in [0.717, 1.165) is 22.3 Å². The smallest absolute Gasteiger partial charge is 0.416 e. The molecule has 206 valence electrons. The fourth-order valence-electron chi connectivity index (χ4n) is 3.67. The number of nitrogens with zero attached hydrogens (tertiary/aromatic N) is 6. The summed E-state index contributed by atoms with van der Waals surface area (Å²) < 4.78 is 81.5. The van der Waals surface area contributed by atoms with E-state index in [1.165, 1.54) is 51.7 Å². The lowest BCUT2D eigenvalue weighted by Gasteiger charge is -2.22. The molecule has 4 rings (SSSR count). The summed E-state index contributed by atoms with van der Waals surface area (Å²) in [7, 11) is -1.56. The summed E-state index contributed by atoms with van der Waals surface area (Å²) in [6.45, 7) is 3.16. The average Bonchev–Trinajstić information content (AvgIpc) is 3.32. The molecule has 3 heterocycles. The predicted octanol–water partition coefficient (Wildman–Crippen LogP) is 3.97. The topological polar surface area (TPSA) is 134 Å². The van der Waals surface area contributed by atoms with Gasteiger partial charge in [0, 0.05) is 25.6 Å². The van der Waals surface area contributed by atoms with Crippen molar-refractivity contribution in [3.63, 3.8) is 0 Å². The first-order chi connectivity index (χ1) is 18.4. The van der Waals surface area contributed by atoms with Gasteiger partial charge in [-0.3, -0.25) is 9.29 Å². The third-order valence-corrected chi connectivity index (χ3v) is 7.41. The van der Waals surface area contributed by atoms with Gasteiger partial charge in [0.15, 0.2) is 11.6 Å². The van der Waals surface area contributed by atoms with Crippen LogP contribution in [0.3, 0.4) is 0 Å². The fourth-order valence-corrected chi connectivity index (χ4v) is 4.81. The third-order valence-electron chi connectivity index (χ3n) is 5.72. The van der Waals surface area contributed by atoms with Crippen molar-refractivity contribution >= 4 is 16.0 Å². The summed E-state index contributed by atoms with van der Waals surface area (Å²) in [5.74, 6) is -0.0336. The minimum Gasteiger partial charge on any atom is -0.481 e. The quantitative estimate of drug-likeness (QED) is 0.321. The second kappa shape index (κ2) is 10.9. The highest BCUT2D eigenvalue weighted by molar-refractivity contribution is 7.93. The Morgan fingerprint density at radius 1 is 1.03 bits per heavy atom. The molecule has 0 amide bonds. The van der Waals surface area contributed by atoms with Gasteiger partial charge >= 0.3 is 6.18 Å². The molecule has 0 aliphatic heterocycles. The first kappa shape index (κ1) is 27.9. The predicted molar refractivity (Wildman–Crippen MR) is 135 cm³/mol. The van der Waals surface area contributed by atoms with Crippen LogP contribution in [-0.4, -0.2) is 57.6 Å². The Balaban J connectivity index is 1.80. The minimum absolute atomic E-state index is 0.0243. The molecule has 0 bridgehead atoms. The standard InChI is InChI=1S/C24H24F3N7O4S/c1-14-12-28-21(29-13-14)20(38-4)15(2)39(35,36)33-23-32-31-22(18-9-6-10-19(30-18)37-3)34(23)17-8-5-7-16(11-17)24(25,26)27/h5-13,15,20H,1-4H3,(H,32,33)/t15-,20-/m0/s1. The maximum absolute atomic E-state index is 13.5. The molecule has 2 atom stereocenters. The third kappa shape index (κ3) is 5.98. The average molecular weight is 564 g/mol. The van der Waals surface area contributed by atoms with Crippen molar-refractivity contribution in [3.8, 4) is 23.1 Å². The lowest BCUT2D eigenvalue weighted by molar-refractivity contribution is -0.137. The van der Waals surface area contributed by atoms with Crippen LogP contribution in [0.15, 0.2) is 54.9 Å². The molecule has 0 fully saturated rings. The molecule has 0 radical (unpaired) electrons. The van der Waals surface area contributed by atoms with Gasteiger partial charge in [-0.15, -0.1) is 10.2 Å². The Morgan fingerprint density at radius 2 is 1.72 bits per heavy atom. The van der Waals surface area contributed by atoms with Crippen molar-refractivity contribution in [2.24, 2.45) is 0 Å². The number of pyridine rings is 1. The minimum atomic E-state index is -4.65. The van der Waals surface area contributed by atoms with E-state index in [4.69, 9.17) is 9.47 Å². The number of aryl methyl sites for hydroxylation is 1. The highest BCUT2D eigenvalue weighted by Crippen LogP contribution is 2.33. The molecule has 3 aromatic heterocycles. The van der Waals surface area contributed by atoms with Crippen molar-refractivity contribution in [2.45, 2.75) is 31.4 Å². The normalized spacial score (nSPS) is 13.6. The molecule has 1 aromatic carbocycles. The van der Waals surface area contributed by atoms with Gasteiger partial charge in [0.2, 0.25) is 21.9 Å². The number of sulfonamides is 1. The van der Waals surface area contributed by atoms with Crippen LogP contribution >= 0.6 is 0 Å². The van der Waals surface area contributed by atoms with Crippen LogP contribution in [0, 0.1) is 6.92 Å². The number of rotatable bonds is 9. The van der Waals surface area contributed by atoms with Crippen molar-refractivity contribution in [2.75, 3.05) is 18.9 Å². The number of halogens is 3. The first-order valence-electron chi connectivity index (χ1n) is 11.4. The van der Waals surface area contributed by atoms with Crippen LogP contribution in [0.5, 0.6) is 5.88 Å². The molecule has 15 heteroatoms. The van der Waals surface area contributed by atoms with Gasteiger partial charge in [-0.05, 0) is 43.7 Å². The SMILES string of the molecule is COc1cccc(-c2nnc(NS(=O)(=O)[C@@H](C)[C@H](OC)c3ncc(C)cn3)n2-c2cccc(C(F)(F)F)c2)n1. The van der Waals surface area contributed by atoms with E-state index < -0.39 is 33.1 Å². The van der Waals surface area contributed by atoms with Crippen molar-refractivity contribution < 1.29 is 31.1 Å². The van der Waals surface area contributed by atoms with Crippen molar-refractivity contribution in [1.82, 2.24) is 29.7 Å². The number of hydrogen-bond acceptors (Lipinski definition) is 9. The van der Waals surface area contributed by atoms with Gasteiger partial charge in [0.1, 0.15) is 17.0 Å². The number of nitrogens with one attached hydrogen (secondary N) is 1. The molecule has 0 unspecified atom stereocenters. The van der Waals surface area contributed by atoms with E-state index >= 15 is 0 Å². The van der Waals surface area contributed by atoms with E-state index in [-0.39, 0.29) is 34.9 Å². The summed E-state index contributed by atoms with van der Waals surface area (Å²) >= 11 is 0. The monoisotopic (exact) mass is 563 g/mol. The van der Waals surface area contributed by atoms with E-state index in [2.05, 4.69) is 29.9 Å². The zero-order valence-corrected chi connectivity index (χ0v) is 22.0. The molecular weight excluding hydrogens is 539 g/mol. The number of alkyl halides is 3. The zero-order valence-electron chi connectivity index (χ0n) is 21.2. The summed E-state index contributed by atoms with van der Waals surface area (Å²) in [6.07, 6.45) is -2.66. The van der Waals surface area contributed by atoms with Gasteiger partial charge in [-0.2, -0.15) is 13.2 Å². The molecular formula is C24H24F3N7O4S. The fraction of sp³-hybridized carbons (Fsp3) is 0.292. The molecule has 4 aromatic rings. The number of methoxy groups -OCH3 is 2. The molecule has 39 heavy (non-hydrogen) atoms. The van der Waals surface area contributed by atoms with E-state index in [1.54, 1.807) is 19.1 Å². The van der Waals surface area contributed by atoms with Crippen LogP contribution in [-0.2, 0) is 20.9 Å². The Hall–Kier alpha value is -4.11. The number of ether oxygens (including phenoxy) is 2.